The SMILES string of the molecule is CCNCc1ccc(Oc2ccc(C)cc2OC)c(F)c1. The molecule has 0 saturated heterocycles. The van der Waals surface area contributed by atoms with E-state index in [4.69, 9.17) is 9.47 Å². The number of benzene rings is 2. The molecule has 2 rings (SSSR count). The minimum atomic E-state index is -0.381. The van der Waals surface area contributed by atoms with Crippen LogP contribution in [0.5, 0.6) is 17.2 Å². The van der Waals surface area contributed by atoms with Gasteiger partial charge in [-0.05, 0) is 48.9 Å². The third-order valence-electron chi connectivity index (χ3n) is 3.11. The zero-order valence-corrected chi connectivity index (χ0v) is 12.6. The van der Waals surface area contributed by atoms with Gasteiger partial charge < -0.3 is 14.8 Å². The van der Waals surface area contributed by atoms with E-state index in [0.717, 1.165) is 17.7 Å². The van der Waals surface area contributed by atoms with Crippen molar-refractivity contribution in [3.8, 4) is 17.2 Å². The van der Waals surface area contributed by atoms with Gasteiger partial charge in [0.05, 0.1) is 7.11 Å². The largest absolute Gasteiger partial charge is 0.493 e. The quantitative estimate of drug-likeness (QED) is 0.870. The zero-order valence-electron chi connectivity index (χ0n) is 12.6. The first-order valence-corrected chi connectivity index (χ1v) is 6.95. The summed E-state index contributed by atoms with van der Waals surface area (Å²) in [5.41, 5.74) is 1.94. The molecule has 1 N–H and O–H groups in total. The Kier molecular flexibility index (Phi) is 5.17. The summed E-state index contributed by atoms with van der Waals surface area (Å²) in [6.45, 7) is 5.46. The summed E-state index contributed by atoms with van der Waals surface area (Å²) < 4.78 is 25.0. The highest BCUT2D eigenvalue weighted by atomic mass is 19.1. The summed E-state index contributed by atoms with van der Waals surface area (Å²) in [7, 11) is 1.57. The molecule has 0 spiro atoms. The van der Waals surface area contributed by atoms with E-state index in [9.17, 15) is 4.39 Å². The zero-order chi connectivity index (χ0) is 15.2. The molecule has 3 nitrogen and oxygen atoms in total. The molecule has 0 aromatic heterocycles. The van der Waals surface area contributed by atoms with Gasteiger partial charge in [-0.2, -0.15) is 0 Å². The lowest BCUT2D eigenvalue weighted by atomic mass is 10.2. The lowest BCUT2D eigenvalue weighted by Gasteiger charge is -2.12. The van der Waals surface area contributed by atoms with Crippen LogP contribution in [-0.2, 0) is 6.54 Å². The molecule has 2 aromatic rings. The van der Waals surface area contributed by atoms with Crippen LogP contribution in [0.25, 0.3) is 0 Å². The van der Waals surface area contributed by atoms with E-state index in [0.29, 0.717) is 18.0 Å². The van der Waals surface area contributed by atoms with Gasteiger partial charge in [0.1, 0.15) is 0 Å². The molecular formula is C17H20FNO2. The average molecular weight is 289 g/mol. The molecule has 21 heavy (non-hydrogen) atoms. The van der Waals surface area contributed by atoms with Crippen molar-refractivity contribution in [1.82, 2.24) is 5.32 Å². The predicted molar refractivity (Wildman–Crippen MR) is 81.6 cm³/mol. The van der Waals surface area contributed by atoms with E-state index >= 15 is 0 Å². The standard InChI is InChI=1S/C17H20FNO2/c1-4-19-11-13-6-8-15(14(18)10-13)21-16-7-5-12(2)9-17(16)20-3/h5-10,19H,4,11H2,1-3H3. The fourth-order valence-corrected chi connectivity index (χ4v) is 1.98. The summed E-state index contributed by atoms with van der Waals surface area (Å²) in [4.78, 5) is 0. The number of hydrogen-bond acceptors (Lipinski definition) is 3. The lowest BCUT2D eigenvalue weighted by Crippen LogP contribution is -2.11. The van der Waals surface area contributed by atoms with Crippen LogP contribution in [0, 0.1) is 12.7 Å². The van der Waals surface area contributed by atoms with Gasteiger partial charge in [0.15, 0.2) is 23.1 Å². The first-order chi connectivity index (χ1) is 10.1. The average Bonchev–Trinajstić information content (AvgIpc) is 2.49. The van der Waals surface area contributed by atoms with Crippen LogP contribution in [0.15, 0.2) is 36.4 Å². The first kappa shape index (κ1) is 15.3. The van der Waals surface area contributed by atoms with Gasteiger partial charge in [-0.1, -0.05) is 19.1 Å². The van der Waals surface area contributed by atoms with Crippen molar-refractivity contribution in [3.05, 3.63) is 53.3 Å². The summed E-state index contributed by atoms with van der Waals surface area (Å²) in [5, 5.41) is 3.16. The fraction of sp³-hybridized carbons (Fsp3) is 0.294. The Hall–Kier alpha value is -2.07. The maximum atomic E-state index is 14.1. The van der Waals surface area contributed by atoms with Crippen molar-refractivity contribution in [2.45, 2.75) is 20.4 Å². The summed E-state index contributed by atoms with van der Waals surface area (Å²) in [6.07, 6.45) is 0. The summed E-state index contributed by atoms with van der Waals surface area (Å²) in [6, 6.07) is 10.5. The van der Waals surface area contributed by atoms with Gasteiger partial charge >= 0.3 is 0 Å². The van der Waals surface area contributed by atoms with Gasteiger partial charge in [-0.25, -0.2) is 4.39 Å². The summed E-state index contributed by atoms with van der Waals surface area (Å²) in [5.74, 6) is 0.901. The maximum absolute atomic E-state index is 14.1. The second kappa shape index (κ2) is 7.09. The van der Waals surface area contributed by atoms with Gasteiger partial charge in [-0.3, -0.25) is 0 Å². The Labute approximate surface area is 124 Å². The second-order valence-corrected chi connectivity index (χ2v) is 4.80. The third kappa shape index (κ3) is 3.95. The summed E-state index contributed by atoms with van der Waals surface area (Å²) >= 11 is 0. The van der Waals surface area contributed by atoms with Crippen LogP contribution in [-0.4, -0.2) is 13.7 Å². The Morgan fingerprint density at radius 3 is 2.48 bits per heavy atom. The van der Waals surface area contributed by atoms with E-state index in [-0.39, 0.29) is 11.6 Å². The lowest BCUT2D eigenvalue weighted by molar-refractivity contribution is 0.370. The molecule has 0 heterocycles. The molecule has 0 radical (unpaired) electrons. The first-order valence-electron chi connectivity index (χ1n) is 6.95. The van der Waals surface area contributed by atoms with Crippen molar-refractivity contribution in [1.29, 1.82) is 0 Å². The smallest absolute Gasteiger partial charge is 0.169 e. The molecule has 0 fully saturated rings. The maximum Gasteiger partial charge on any atom is 0.169 e. The molecule has 0 aliphatic rings. The third-order valence-corrected chi connectivity index (χ3v) is 3.11. The van der Waals surface area contributed by atoms with Crippen LogP contribution < -0.4 is 14.8 Å². The van der Waals surface area contributed by atoms with Crippen molar-refractivity contribution in [3.63, 3.8) is 0 Å². The molecule has 4 heteroatoms. The van der Waals surface area contributed by atoms with E-state index in [2.05, 4.69) is 5.32 Å². The van der Waals surface area contributed by atoms with Gasteiger partial charge in [0.25, 0.3) is 0 Å². The molecule has 0 saturated carbocycles. The van der Waals surface area contributed by atoms with Crippen LogP contribution in [0.4, 0.5) is 4.39 Å². The molecule has 0 aliphatic heterocycles. The molecular weight excluding hydrogens is 269 g/mol. The van der Waals surface area contributed by atoms with E-state index in [1.54, 1.807) is 19.2 Å². The van der Waals surface area contributed by atoms with Gasteiger partial charge in [-0.15, -0.1) is 0 Å². The van der Waals surface area contributed by atoms with Crippen molar-refractivity contribution in [2.24, 2.45) is 0 Å². The molecule has 2 aromatic carbocycles. The van der Waals surface area contributed by atoms with Gasteiger partial charge in [0.2, 0.25) is 0 Å². The van der Waals surface area contributed by atoms with Crippen LogP contribution in [0.3, 0.4) is 0 Å². The topological polar surface area (TPSA) is 30.5 Å². The Morgan fingerprint density at radius 1 is 1.05 bits per heavy atom. The number of ether oxygens (including phenoxy) is 2. The Balaban J connectivity index is 2.20. The van der Waals surface area contributed by atoms with E-state index in [1.165, 1.54) is 6.07 Å². The predicted octanol–water partition coefficient (Wildman–Crippen LogP) is 4.04. The number of rotatable bonds is 6. The molecule has 0 aliphatic carbocycles. The minimum Gasteiger partial charge on any atom is -0.493 e. The Bertz CT molecular complexity index is 614. The normalized spacial score (nSPS) is 10.5. The molecule has 0 bridgehead atoms. The monoisotopic (exact) mass is 289 g/mol. The van der Waals surface area contributed by atoms with Crippen molar-refractivity contribution in [2.75, 3.05) is 13.7 Å². The van der Waals surface area contributed by atoms with Crippen molar-refractivity contribution >= 4 is 0 Å². The number of halogens is 1. The highest BCUT2D eigenvalue weighted by molar-refractivity contribution is 5.45. The molecule has 0 unspecified atom stereocenters. The van der Waals surface area contributed by atoms with Crippen LogP contribution in [0.2, 0.25) is 0 Å². The number of aryl methyl sites for hydroxylation is 1. The molecule has 112 valence electrons. The molecule has 0 atom stereocenters. The number of nitrogens with one attached hydrogen (secondary N) is 1. The number of methoxy groups -OCH3 is 1. The van der Waals surface area contributed by atoms with Crippen molar-refractivity contribution < 1.29 is 13.9 Å². The van der Waals surface area contributed by atoms with Crippen LogP contribution in [0.1, 0.15) is 18.1 Å². The Morgan fingerprint density at radius 2 is 1.81 bits per heavy atom. The highest BCUT2D eigenvalue weighted by Gasteiger charge is 2.10. The highest BCUT2D eigenvalue weighted by Crippen LogP contribution is 2.33. The second-order valence-electron chi connectivity index (χ2n) is 4.80. The minimum absolute atomic E-state index is 0.192. The van der Waals surface area contributed by atoms with Crippen LogP contribution >= 0.6 is 0 Å². The fourth-order valence-electron chi connectivity index (χ4n) is 1.98. The van der Waals surface area contributed by atoms with Gasteiger partial charge in [0, 0.05) is 6.54 Å². The van der Waals surface area contributed by atoms with E-state index < -0.39 is 0 Å². The number of hydrogen-bond donors (Lipinski definition) is 1. The van der Waals surface area contributed by atoms with E-state index in [1.807, 2.05) is 32.0 Å². The molecule has 0 amide bonds.